The summed E-state index contributed by atoms with van der Waals surface area (Å²) in [4.78, 5) is 20.5. The number of furan rings is 1. The predicted molar refractivity (Wildman–Crippen MR) is 280 cm³/mol. The van der Waals surface area contributed by atoms with Crippen molar-refractivity contribution in [3.63, 3.8) is 0 Å². The molecular weight excluding hydrogens is 831 g/mol. The van der Waals surface area contributed by atoms with Crippen LogP contribution in [0.3, 0.4) is 0 Å². The molecule has 0 bridgehead atoms. The third-order valence-corrected chi connectivity index (χ3v) is 12.6. The first kappa shape index (κ1) is 40.3. The normalized spacial score (nSPS) is 11.7. The van der Waals surface area contributed by atoms with E-state index in [4.69, 9.17) is 24.4 Å². The van der Waals surface area contributed by atoms with Crippen LogP contribution in [0.4, 0.5) is 0 Å². The second-order valence-corrected chi connectivity index (χ2v) is 16.7. The minimum atomic E-state index is 0.479. The quantitative estimate of drug-likeness (QED) is 0.128. The monoisotopic (exact) mass is 871 g/mol. The summed E-state index contributed by atoms with van der Waals surface area (Å²) in [6, 6.07) is 69.6. The number of allylic oxidation sites excluding steroid dienone is 4. The standard InChI is InChI=1S/C62H41N5O/c1-3-19-40(4-2)50-36-47(61-64-60(44-26-15-8-16-27-44)65-62(66-61)48-38-57-58(63-39-48)49-28-17-18-29-56(49)68-57)37-51(43-24-13-7-14-25-43)59(50)67-54-32-30-45(41-20-9-5-10-21-41)34-52(54)53-35-46(31-33-55(53)67)42-22-11-6-12-23-42/h3-39H,1-2H2/b40-19+. The molecule has 6 nitrogen and oxygen atoms in total. The Kier molecular flexibility index (Phi) is 10.0. The second-order valence-electron chi connectivity index (χ2n) is 16.7. The SMILES string of the molecule is C=C/C=C(\C=C)c1cc(-c2nc(-c3ccccc3)nc(-c3cnc4c(c3)oc3ccccc34)n2)cc(-c2ccccc2)c1-n1c2ccc(-c3ccccc3)cc2c2cc(-c3ccccc3)ccc21. The maximum atomic E-state index is 6.29. The molecule has 0 aliphatic heterocycles. The van der Waals surface area contributed by atoms with Crippen LogP contribution in [0.5, 0.6) is 0 Å². The Morgan fingerprint density at radius 3 is 1.56 bits per heavy atom. The highest BCUT2D eigenvalue weighted by Gasteiger charge is 2.24. The minimum Gasteiger partial charge on any atom is -0.454 e. The smallest absolute Gasteiger partial charge is 0.165 e. The summed E-state index contributed by atoms with van der Waals surface area (Å²) in [5.74, 6) is 1.53. The van der Waals surface area contributed by atoms with Crippen LogP contribution in [0.15, 0.2) is 242 Å². The molecular formula is C62H41N5O. The summed E-state index contributed by atoms with van der Waals surface area (Å²) >= 11 is 0. The van der Waals surface area contributed by atoms with Crippen molar-refractivity contribution in [2.24, 2.45) is 0 Å². The Labute approximate surface area is 393 Å². The summed E-state index contributed by atoms with van der Waals surface area (Å²) in [6.07, 6.45) is 7.55. The number of pyridine rings is 1. The zero-order valence-corrected chi connectivity index (χ0v) is 36.9. The van der Waals surface area contributed by atoms with Crippen LogP contribution >= 0.6 is 0 Å². The number of nitrogens with zero attached hydrogens (tertiary/aromatic N) is 5. The van der Waals surface area contributed by atoms with Crippen LogP contribution in [-0.4, -0.2) is 24.5 Å². The molecule has 4 aromatic heterocycles. The van der Waals surface area contributed by atoms with Gasteiger partial charge < -0.3 is 8.98 Å². The Morgan fingerprint density at radius 2 is 0.971 bits per heavy atom. The Morgan fingerprint density at radius 1 is 0.441 bits per heavy atom. The van der Waals surface area contributed by atoms with Gasteiger partial charge in [-0.15, -0.1) is 0 Å². The van der Waals surface area contributed by atoms with Crippen molar-refractivity contribution in [3.8, 4) is 73.2 Å². The molecule has 12 aromatic rings. The molecule has 320 valence electrons. The summed E-state index contributed by atoms with van der Waals surface area (Å²) in [7, 11) is 0. The Hall–Kier alpha value is -9.26. The van der Waals surface area contributed by atoms with Gasteiger partial charge in [-0.25, -0.2) is 15.0 Å². The molecule has 0 aliphatic rings. The van der Waals surface area contributed by atoms with Crippen molar-refractivity contribution in [3.05, 3.63) is 243 Å². The fourth-order valence-corrected chi connectivity index (χ4v) is 9.41. The molecule has 4 heterocycles. The van der Waals surface area contributed by atoms with Gasteiger partial charge in [0.1, 0.15) is 11.1 Å². The van der Waals surface area contributed by atoms with E-state index in [-0.39, 0.29) is 0 Å². The van der Waals surface area contributed by atoms with Gasteiger partial charge in [0.15, 0.2) is 23.1 Å². The highest BCUT2D eigenvalue weighted by Crippen LogP contribution is 2.44. The molecule has 68 heavy (non-hydrogen) atoms. The topological polar surface area (TPSA) is 69.6 Å². The van der Waals surface area contributed by atoms with Gasteiger partial charge in [-0.05, 0) is 88.0 Å². The lowest BCUT2D eigenvalue weighted by Gasteiger charge is -2.21. The molecule has 0 radical (unpaired) electrons. The first-order valence-corrected chi connectivity index (χ1v) is 22.6. The lowest BCUT2D eigenvalue weighted by atomic mass is 9.92. The Bertz CT molecular complexity index is 3830. The van der Waals surface area contributed by atoms with Crippen molar-refractivity contribution in [1.82, 2.24) is 24.5 Å². The maximum Gasteiger partial charge on any atom is 0.165 e. The van der Waals surface area contributed by atoms with Crippen LogP contribution in [-0.2, 0) is 0 Å². The van der Waals surface area contributed by atoms with E-state index in [2.05, 4.69) is 157 Å². The molecule has 0 saturated carbocycles. The van der Waals surface area contributed by atoms with Crippen LogP contribution in [0, 0.1) is 0 Å². The van der Waals surface area contributed by atoms with E-state index in [1.54, 1.807) is 0 Å². The minimum absolute atomic E-state index is 0.479. The number of aromatic nitrogens is 5. The maximum absolute atomic E-state index is 6.29. The van der Waals surface area contributed by atoms with Gasteiger partial charge >= 0.3 is 0 Å². The zero-order valence-electron chi connectivity index (χ0n) is 36.9. The third kappa shape index (κ3) is 7.08. The van der Waals surface area contributed by atoms with Gasteiger partial charge in [-0.2, -0.15) is 0 Å². The number of rotatable bonds is 10. The molecule has 0 atom stereocenters. The molecule has 0 aliphatic carbocycles. The average Bonchev–Trinajstić information content (AvgIpc) is 3.95. The summed E-state index contributed by atoms with van der Waals surface area (Å²) in [5, 5.41) is 3.25. The number of fused-ring (bicyclic) bond motifs is 6. The summed E-state index contributed by atoms with van der Waals surface area (Å²) in [5.41, 5.74) is 16.2. The largest absolute Gasteiger partial charge is 0.454 e. The zero-order chi connectivity index (χ0) is 45.6. The highest BCUT2D eigenvalue weighted by atomic mass is 16.3. The van der Waals surface area contributed by atoms with Crippen LogP contribution in [0.2, 0.25) is 0 Å². The molecule has 0 spiro atoms. The van der Waals surface area contributed by atoms with Crippen LogP contribution in [0.1, 0.15) is 5.56 Å². The van der Waals surface area contributed by atoms with E-state index in [0.717, 1.165) is 99.6 Å². The van der Waals surface area contributed by atoms with E-state index in [0.29, 0.717) is 28.6 Å². The number of para-hydroxylation sites is 1. The van der Waals surface area contributed by atoms with Crippen molar-refractivity contribution in [2.45, 2.75) is 0 Å². The molecule has 0 N–H and O–H groups in total. The van der Waals surface area contributed by atoms with E-state index >= 15 is 0 Å². The molecule has 0 unspecified atom stereocenters. The summed E-state index contributed by atoms with van der Waals surface area (Å²) < 4.78 is 8.71. The fourth-order valence-electron chi connectivity index (χ4n) is 9.41. The van der Waals surface area contributed by atoms with Crippen molar-refractivity contribution in [1.29, 1.82) is 0 Å². The molecule has 0 saturated heterocycles. The first-order chi connectivity index (χ1) is 33.6. The van der Waals surface area contributed by atoms with Gasteiger partial charge in [0, 0.05) is 50.2 Å². The number of benzene rings is 8. The van der Waals surface area contributed by atoms with Crippen molar-refractivity contribution in [2.75, 3.05) is 0 Å². The highest BCUT2D eigenvalue weighted by molar-refractivity contribution is 6.13. The van der Waals surface area contributed by atoms with Gasteiger partial charge in [0.2, 0.25) is 0 Å². The second kappa shape index (κ2) is 16.9. The summed E-state index contributed by atoms with van der Waals surface area (Å²) in [6.45, 7) is 8.52. The van der Waals surface area contributed by atoms with E-state index in [9.17, 15) is 0 Å². The third-order valence-electron chi connectivity index (χ3n) is 12.6. The average molecular weight is 872 g/mol. The molecule has 12 rings (SSSR count). The van der Waals surface area contributed by atoms with Gasteiger partial charge in [0.25, 0.3) is 0 Å². The Balaban J connectivity index is 1.15. The van der Waals surface area contributed by atoms with Crippen LogP contribution < -0.4 is 0 Å². The van der Waals surface area contributed by atoms with Gasteiger partial charge in [-0.3, -0.25) is 4.98 Å². The van der Waals surface area contributed by atoms with E-state index < -0.39 is 0 Å². The lowest BCUT2D eigenvalue weighted by Crippen LogP contribution is -2.05. The molecule has 6 heteroatoms. The van der Waals surface area contributed by atoms with Crippen molar-refractivity contribution >= 4 is 49.4 Å². The predicted octanol–water partition coefficient (Wildman–Crippen LogP) is 16.0. The van der Waals surface area contributed by atoms with Crippen LogP contribution in [0.25, 0.3) is 123 Å². The van der Waals surface area contributed by atoms with Gasteiger partial charge in [-0.1, -0.05) is 177 Å². The van der Waals surface area contributed by atoms with E-state index in [1.165, 1.54) is 0 Å². The molecule has 0 amide bonds. The fraction of sp³-hybridized carbons (Fsp3) is 0. The lowest BCUT2D eigenvalue weighted by molar-refractivity contribution is 0.668. The van der Waals surface area contributed by atoms with Gasteiger partial charge in [0.05, 0.1) is 16.7 Å². The number of hydrogen-bond acceptors (Lipinski definition) is 5. The van der Waals surface area contributed by atoms with Crippen molar-refractivity contribution < 1.29 is 4.42 Å². The number of hydrogen-bond donors (Lipinski definition) is 0. The van der Waals surface area contributed by atoms with E-state index in [1.807, 2.05) is 85.1 Å². The molecule has 0 fully saturated rings. The molecule has 8 aromatic carbocycles. The first-order valence-electron chi connectivity index (χ1n) is 22.6.